The zero-order valence-electron chi connectivity index (χ0n) is 12.8. The Bertz CT molecular complexity index is 631. The second-order valence-electron chi connectivity index (χ2n) is 6.50. The van der Waals surface area contributed by atoms with Crippen LogP contribution in [-0.2, 0) is 16.6 Å². The molecule has 1 fully saturated rings. The lowest BCUT2D eigenvalue weighted by Gasteiger charge is -2.36. The number of sulfonamides is 1. The lowest BCUT2D eigenvalue weighted by molar-refractivity contribution is 0.196. The van der Waals surface area contributed by atoms with Gasteiger partial charge in [-0.2, -0.15) is 4.31 Å². The monoisotopic (exact) mass is 374 g/mol. The minimum atomic E-state index is -3.47. The minimum Gasteiger partial charge on any atom is -0.326 e. The van der Waals surface area contributed by atoms with Gasteiger partial charge < -0.3 is 5.73 Å². The Balaban J connectivity index is 2.39. The Morgan fingerprint density at radius 2 is 1.86 bits per heavy atom. The number of piperidine rings is 1. The van der Waals surface area contributed by atoms with Gasteiger partial charge in [0, 0.05) is 24.1 Å². The number of nitrogens with two attached hydrogens (primary N) is 1. The standard InChI is InChI=1S/C15H23BrN2O2S/c1-11-8-12(10-17)9-13(14(11)16)21(19,20)18-6-4-15(2,3)5-7-18/h8-9H,4-7,10,17H2,1-3H3. The van der Waals surface area contributed by atoms with Gasteiger partial charge in [-0.25, -0.2) is 8.42 Å². The molecule has 1 aliphatic heterocycles. The topological polar surface area (TPSA) is 63.4 Å². The maximum atomic E-state index is 12.9. The van der Waals surface area contributed by atoms with Gasteiger partial charge >= 0.3 is 0 Å². The third-order valence-electron chi connectivity index (χ3n) is 4.21. The van der Waals surface area contributed by atoms with Crippen LogP contribution in [-0.4, -0.2) is 25.8 Å². The van der Waals surface area contributed by atoms with Crippen molar-refractivity contribution >= 4 is 26.0 Å². The molecular formula is C15H23BrN2O2S. The van der Waals surface area contributed by atoms with Crippen LogP contribution in [0.15, 0.2) is 21.5 Å². The maximum Gasteiger partial charge on any atom is 0.244 e. The van der Waals surface area contributed by atoms with Crippen molar-refractivity contribution in [1.82, 2.24) is 4.31 Å². The third-order valence-corrected chi connectivity index (χ3v) is 7.45. The number of rotatable bonds is 3. The van der Waals surface area contributed by atoms with E-state index in [4.69, 9.17) is 5.73 Å². The molecule has 1 aliphatic rings. The van der Waals surface area contributed by atoms with Gasteiger partial charge in [0.15, 0.2) is 0 Å². The molecule has 2 rings (SSSR count). The SMILES string of the molecule is Cc1cc(CN)cc(S(=O)(=O)N2CCC(C)(C)CC2)c1Br. The molecule has 21 heavy (non-hydrogen) atoms. The van der Waals surface area contributed by atoms with Crippen LogP contribution in [0.25, 0.3) is 0 Å². The summed E-state index contributed by atoms with van der Waals surface area (Å²) in [6.07, 6.45) is 1.78. The highest BCUT2D eigenvalue weighted by Gasteiger charge is 2.34. The number of nitrogens with zero attached hydrogens (tertiary/aromatic N) is 1. The molecule has 0 atom stereocenters. The molecule has 6 heteroatoms. The molecule has 0 saturated carbocycles. The zero-order valence-corrected chi connectivity index (χ0v) is 15.2. The molecule has 118 valence electrons. The summed E-state index contributed by atoms with van der Waals surface area (Å²) in [6, 6.07) is 3.61. The van der Waals surface area contributed by atoms with E-state index in [2.05, 4.69) is 29.8 Å². The summed E-state index contributed by atoms with van der Waals surface area (Å²) < 4.78 is 28.0. The van der Waals surface area contributed by atoms with E-state index in [-0.39, 0.29) is 5.41 Å². The molecule has 0 aromatic heterocycles. The maximum absolute atomic E-state index is 12.9. The lowest BCUT2D eigenvalue weighted by Crippen LogP contribution is -2.41. The number of hydrogen-bond acceptors (Lipinski definition) is 3. The Morgan fingerprint density at radius 1 is 1.29 bits per heavy atom. The molecule has 1 aromatic rings. The predicted octanol–water partition coefficient (Wildman–Crippen LogP) is 3.03. The van der Waals surface area contributed by atoms with Crippen molar-refractivity contribution in [1.29, 1.82) is 0 Å². The van der Waals surface area contributed by atoms with Crippen molar-refractivity contribution in [2.24, 2.45) is 11.1 Å². The minimum absolute atomic E-state index is 0.221. The number of halogens is 1. The average molecular weight is 375 g/mol. The highest BCUT2D eigenvalue weighted by molar-refractivity contribution is 9.10. The van der Waals surface area contributed by atoms with E-state index in [1.165, 1.54) is 0 Å². The lowest BCUT2D eigenvalue weighted by atomic mass is 9.83. The fourth-order valence-electron chi connectivity index (χ4n) is 2.59. The molecule has 4 nitrogen and oxygen atoms in total. The molecule has 2 N–H and O–H groups in total. The van der Waals surface area contributed by atoms with Gasteiger partial charge in [0.1, 0.15) is 0 Å². The van der Waals surface area contributed by atoms with Crippen LogP contribution in [0, 0.1) is 12.3 Å². The smallest absolute Gasteiger partial charge is 0.244 e. The van der Waals surface area contributed by atoms with Gasteiger partial charge in [0.05, 0.1) is 4.90 Å². The van der Waals surface area contributed by atoms with Crippen LogP contribution >= 0.6 is 15.9 Å². The van der Waals surface area contributed by atoms with Crippen LogP contribution in [0.5, 0.6) is 0 Å². The fourth-order valence-corrected chi connectivity index (χ4v) is 5.06. The van der Waals surface area contributed by atoms with Crippen molar-refractivity contribution in [2.75, 3.05) is 13.1 Å². The largest absolute Gasteiger partial charge is 0.326 e. The van der Waals surface area contributed by atoms with Crippen LogP contribution in [0.1, 0.15) is 37.8 Å². The Hall–Kier alpha value is -0.430. The summed E-state index contributed by atoms with van der Waals surface area (Å²) in [4.78, 5) is 0.336. The van der Waals surface area contributed by atoms with Gasteiger partial charge in [0.25, 0.3) is 0 Å². The van der Waals surface area contributed by atoms with Crippen molar-refractivity contribution in [3.05, 3.63) is 27.7 Å². The van der Waals surface area contributed by atoms with Crippen LogP contribution in [0.4, 0.5) is 0 Å². The van der Waals surface area contributed by atoms with E-state index in [1.807, 2.05) is 13.0 Å². The molecule has 1 saturated heterocycles. The van der Waals surface area contributed by atoms with Crippen molar-refractivity contribution in [3.63, 3.8) is 0 Å². The van der Waals surface area contributed by atoms with Gasteiger partial charge in [0.2, 0.25) is 10.0 Å². The highest BCUT2D eigenvalue weighted by atomic mass is 79.9. The van der Waals surface area contributed by atoms with Crippen LogP contribution in [0.2, 0.25) is 0 Å². The molecule has 0 radical (unpaired) electrons. The molecular weight excluding hydrogens is 352 g/mol. The first-order valence-electron chi connectivity index (χ1n) is 7.17. The first-order chi connectivity index (χ1) is 9.67. The summed E-state index contributed by atoms with van der Waals surface area (Å²) in [5.41, 5.74) is 7.63. The number of hydrogen-bond donors (Lipinski definition) is 1. The molecule has 0 aliphatic carbocycles. The Morgan fingerprint density at radius 3 is 2.38 bits per heavy atom. The quantitative estimate of drug-likeness (QED) is 0.883. The van der Waals surface area contributed by atoms with E-state index in [0.29, 0.717) is 29.0 Å². The van der Waals surface area contributed by atoms with Crippen LogP contribution in [0.3, 0.4) is 0 Å². The molecule has 0 amide bonds. The Kier molecular flexibility index (Phi) is 4.83. The van der Waals surface area contributed by atoms with Gasteiger partial charge in [-0.3, -0.25) is 0 Å². The second-order valence-corrected chi connectivity index (χ2v) is 9.20. The van der Waals surface area contributed by atoms with E-state index in [1.54, 1.807) is 10.4 Å². The van der Waals surface area contributed by atoms with Gasteiger partial charge in [-0.15, -0.1) is 0 Å². The van der Waals surface area contributed by atoms with Gasteiger partial charge in [-0.05, 0) is 58.3 Å². The van der Waals surface area contributed by atoms with Crippen LogP contribution < -0.4 is 5.73 Å². The summed E-state index contributed by atoms with van der Waals surface area (Å²) >= 11 is 3.42. The van der Waals surface area contributed by atoms with E-state index < -0.39 is 10.0 Å². The van der Waals surface area contributed by atoms with Crippen molar-refractivity contribution in [2.45, 2.75) is 45.1 Å². The summed E-state index contributed by atoms with van der Waals surface area (Å²) in [7, 11) is -3.47. The van der Waals surface area contributed by atoms with Crippen molar-refractivity contribution < 1.29 is 8.42 Å². The Labute approximate surface area is 135 Å². The summed E-state index contributed by atoms with van der Waals surface area (Å²) in [6.45, 7) is 7.75. The summed E-state index contributed by atoms with van der Waals surface area (Å²) in [5.74, 6) is 0. The number of aryl methyl sites for hydroxylation is 1. The molecule has 1 aromatic carbocycles. The summed E-state index contributed by atoms with van der Waals surface area (Å²) in [5, 5.41) is 0. The fraction of sp³-hybridized carbons (Fsp3) is 0.600. The van der Waals surface area contributed by atoms with Crippen molar-refractivity contribution in [3.8, 4) is 0 Å². The highest BCUT2D eigenvalue weighted by Crippen LogP contribution is 2.35. The zero-order chi connectivity index (χ0) is 15.8. The molecule has 1 heterocycles. The van der Waals surface area contributed by atoms with E-state index >= 15 is 0 Å². The molecule has 0 bridgehead atoms. The number of benzene rings is 1. The van der Waals surface area contributed by atoms with E-state index in [9.17, 15) is 8.42 Å². The first-order valence-corrected chi connectivity index (χ1v) is 9.40. The molecule has 0 spiro atoms. The first kappa shape index (κ1) is 16.9. The van der Waals surface area contributed by atoms with E-state index in [0.717, 1.165) is 24.0 Å². The third kappa shape index (κ3) is 3.50. The normalized spacial score (nSPS) is 19.7. The van der Waals surface area contributed by atoms with Gasteiger partial charge in [-0.1, -0.05) is 19.9 Å². The average Bonchev–Trinajstić information content (AvgIpc) is 2.41. The second kappa shape index (κ2) is 5.99. The molecule has 0 unspecified atom stereocenters. The predicted molar refractivity (Wildman–Crippen MR) is 88.5 cm³/mol.